The predicted molar refractivity (Wildman–Crippen MR) is 288 cm³/mol. The van der Waals surface area contributed by atoms with E-state index in [0.29, 0.717) is 17.4 Å². The number of amides is 1. The summed E-state index contributed by atoms with van der Waals surface area (Å²) in [6, 6.07) is -0.921. The van der Waals surface area contributed by atoms with Gasteiger partial charge in [0.05, 0.1) is 39.9 Å². The maximum Gasteiger partial charge on any atom is 0.268 e. The molecule has 2 N–H and O–H groups in total. The lowest BCUT2D eigenvalue weighted by Crippen LogP contribution is -2.45. The smallest absolute Gasteiger partial charge is 0.268 e. The van der Waals surface area contributed by atoms with Gasteiger partial charge < -0.3 is 28.8 Å². The highest BCUT2D eigenvalue weighted by Crippen LogP contribution is 2.38. The molecule has 3 atom stereocenters. The Morgan fingerprint density at radius 3 is 1.31 bits per heavy atom. The molecule has 0 saturated heterocycles. The largest absolute Gasteiger partial charge is 0.756 e. The molecule has 8 nitrogen and oxygen atoms in total. The third kappa shape index (κ3) is 51.6. The summed E-state index contributed by atoms with van der Waals surface area (Å²) in [5.74, 6) is -0.225. The Morgan fingerprint density at radius 2 is 0.881 bits per heavy atom. The van der Waals surface area contributed by atoms with Gasteiger partial charge in [0.25, 0.3) is 7.82 Å². The van der Waals surface area contributed by atoms with Crippen LogP contribution in [-0.2, 0) is 18.4 Å². The van der Waals surface area contributed by atoms with E-state index in [2.05, 4.69) is 79.9 Å². The number of carbonyl (C=O) groups is 1. The Bertz CT molecular complexity index is 1320. The molecule has 390 valence electrons. The summed E-state index contributed by atoms with van der Waals surface area (Å²) in [7, 11) is 1.22. The summed E-state index contributed by atoms with van der Waals surface area (Å²) in [6.07, 6.45) is 66.9. The lowest BCUT2D eigenvalue weighted by Gasteiger charge is -2.29. The Balaban J connectivity index is 4.37. The van der Waals surface area contributed by atoms with Crippen LogP contribution in [0.25, 0.3) is 0 Å². The topological polar surface area (TPSA) is 108 Å². The molecule has 0 rings (SSSR count). The SMILES string of the molecule is CCCCCCC/C=C\C/C=C\C/C=C\CCCCCCCCC(=O)NC(COP(=O)([O-])OCC[N+](C)(C)C)C(O)/C=C/CC/C=C/CC/C=C/CCCCCCCCCCCCCCCC. The number of aliphatic hydroxyl groups excluding tert-OH is 1. The fourth-order valence-corrected chi connectivity index (χ4v) is 8.44. The van der Waals surface area contributed by atoms with Crippen molar-refractivity contribution in [2.45, 2.75) is 251 Å². The maximum absolute atomic E-state index is 12.9. The zero-order valence-corrected chi connectivity index (χ0v) is 45.2. The molecule has 0 aliphatic rings. The highest BCUT2D eigenvalue weighted by atomic mass is 31.2. The predicted octanol–water partition coefficient (Wildman–Crippen LogP) is 16.1. The van der Waals surface area contributed by atoms with Gasteiger partial charge in [0.1, 0.15) is 13.2 Å². The van der Waals surface area contributed by atoms with Gasteiger partial charge in [-0.05, 0) is 83.5 Å². The number of carbonyl (C=O) groups excluding carboxylic acids is 1. The Labute approximate surface area is 414 Å². The molecular weight excluding hydrogens is 852 g/mol. The van der Waals surface area contributed by atoms with Gasteiger partial charge in [-0.15, -0.1) is 0 Å². The van der Waals surface area contributed by atoms with Crippen molar-refractivity contribution in [2.24, 2.45) is 0 Å². The van der Waals surface area contributed by atoms with E-state index in [9.17, 15) is 19.4 Å². The normalized spacial score (nSPS) is 14.6. The number of quaternary nitrogens is 1. The molecule has 0 saturated carbocycles. The van der Waals surface area contributed by atoms with Crippen LogP contribution >= 0.6 is 7.82 Å². The minimum Gasteiger partial charge on any atom is -0.756 e. The summed E-state index contributed by atoms with van der Waals surface area (Å²) in [5, 5.41) is 13.8. The van der Waals surface area contributed by atoms with Gasteiger partial charge >= 0.3 is 0 Å². The highest BCUT2D eigenvalue weighted by Gasteiger charge is 2.23. The molecule has 9 heteroatoms. The summed E-state index contributed by atoms with van der Waals surface area (Å²) < 4.78 is 23.3. The number of hydrogen-bond acceptors (Lipinski definition) is 6. The highest BCUT2D eigenvalue weighted by molar-refractivity contribution is 7.45. The molecule has 67 heavy (non-hydrogen) atoms. The second-order valence-electron chi connectivity index (χ2n) is 19.9. The second kappa shape index (κ2) is 48.9. The third-order valence-electron chi connectivity index (χ3n) is 12.1. The minimum atomic E-state index is -4.62. The summed E-state index contributed by atoms with van der Waals surface area (Å²) in [6.45, 7) is 4.60. The Hall–Kier alpha value is -2.06. The Morgan fingerprint density at radius 1 is 0.522 bits per heavy atom. The van der Waals surface area contributed by atoms with E-state index in [4.69, 9.17) is 9.05 Å². The van der Waals surface area contributed by atoms with Crippen LogP contribution in [-0.4, -0.2) is 68.5 Å². The van der Waals surface area contributed by atoms with E-state index in [-0.39, 0.29) is 12.5 Å². The molecule has 0 fully saturated rings. The molecule has 0 aromatic heterocycles. The lowest BCUT2D eigenvalue weighted by atomic mass is 10.0. The van der Waals surface area contributed by atoms with E-state index in [1.165, 1.54) is 148 Å². The number of phosphoric ester groups is 1. The Kier molecular flexibility index (Phi) is 47.4. The van der Waals surface area contributed by atoms with Crippen LogP contribution in [0.4, 0.5) is 0 Å². The summed E-state index contributed by atoms with van der Waals surface area (Å²) >= 11 is 0. The number of allylic oxidation sites excluding steroid dienone is 11. The molecule has 1 amide bonds. The van der Waals surface area contributed by atoms with Crippen LogP contribution in [0.2, 0.25) is 0 Å². The number of nitrogens with one attached hydrogen (secondary N) is 1. The van der Waals surface area contributed by atoms with Crippen molar-refractivity contribution in [3.05, 3.63) is 72.9 Å². The van der Waals surface area contributed by atoms with Crippen molar-refractivity contribution < 1.29 is 32.9 Å². The van der Waals surface area contributed by atoms with Gasteiger partial charge in [0, 0.05) is 6.42 Å². The lowest BCUT2D eigenvalue weighted by molar-refractivity contribution is -0.870. The van der Waals surface area contributed by atoms with Crippen molar-refractivity contribution in [3.8, 4) is 0 Å². The molecule has 0 aliphatic heterocycles. The van der Waals surface area contributed by atoms with E-state index in [1.807, 2.05) is 27.2 Å². The number of unbranched alkanes of at least 4 members (excludes halogenated alkanes) is 27. The number of likely N-dealkylation sites (N-methyl/N-ethyl adjacent to an activating group) is 1. The van der Waals surface area contributed by atoms with E-state index in [0.717, 1.165) is 70.6 Å². The fraction of sp³-hybridized carbons (Fsp3) is 0.776. The summed E-state index contributed by atoms with van der Waals surface area (Å²) in [4.78, 5) is 25.5. The molecule has 0 spiro atoms. The molecule has 0 radical (unpaired) electrons. The van der Waals surface area contributed by atoms with Crippen LogP contribution in [0.3, 0.4) is 0 Å². The minimum absolute atomic E-state index is 0.0148. The van der Waals surface area contributed by atoms with Gasteiger partial charge in [-0.2, -0.15) is 0 Å². The van der Waals surface area contributed by atoms with Crippen LogP contribution in [0.5, 0.6) is 0 Å². The number of aliphatic hydroxyl groups is 1. The molecule has 0 aromatic rings. The quantitative estimate of drug-likeness (QED) is 0.0272. The molecule has 0 aliphatic carbocycles. The number of nitrogens with zero attached hydrogens (tertiary/aromatic N) is 1. The summed E-state index contributed by atoms with van der Waals surface area (Å²) in [5.41, 5.74) is 0. The fourth-order valence-electron chi connectivity index (χ4n) is 7.72. The third-order valence-corrected chi connectivity index (χ3v) is 13.1. The monoisotopic (exact) mass is 959 g/mol. The number of rotatable bonds is 50. The van der Waals surface area contributed by atoms with Crippen molar-refractivity contribution in [2.75, 3.05) is 40.9 Å². The van der Waals surface area contributed by atoms with E-state index < -0.39 is 26.6 Å². The standard InChI is InChI=1S/C58H107N2O6P/c1-6-8-10-12-14-16-18-20-22-24-26-28-29-30-32-33-35-37-39-41-43-45-47-49-51-57(61)56(55-66-67(63,64)65-54-53-60(3,4)5)59-58(62)52-50-48-46-44-42-40-38-36-34-31-27-25-23-21-19-17-15-13-11-9-7-2/h19,21,25,27,33-36,41,43,49,51,56-57,61H,6-18,20,22-24,26,28-32,37-40,42,44-48,50,52-55H2,1-5H3,(H-,59,62,63,64)/b21-19-,27-25-,35-33+,36-34-,43-41+,51-49+. The van der Waals surface area contributed by atoms with Crippen molar-refractivity contribution in [1.82, 2.24) is 5.32 Å². The molecule has 0 aromatic carbocycles. The number of phosphoric acid groups is 1. The van der Waals surface area contributed by atoms with Gasteiger partial charge in [-0.1, -0.05) is 222 Å². The first-order valence-electron chi connectivity index (χ1n) is 27.8. The van der Waals surface area contributed by atoms with Crippen LogP contribution in [0.15, 0.2) is 72.9 Å². The van der Waals surface area contributed by atoms with Crippen LogP contribution in [0, 0.1) is 0 Å². The van der Waals surface area contributed by atoms with Crippen LogP contribution in [0.1, 0.15) is 239 Å². The second-order valence-corrected chi connectivity index (χ2v) is 21.3. The average Bonchev–Trinajstić information content (AvgIpc) is 3.29. The first kappa shape index (κ1) is 64.9. The van der Waals surface area contributed by atoms with Gasteiger partial charge in [0.15, 0.2) is 0 Å². The molecule has 0 bridgehead atoms. The van der Waals surface area contributed by atoms with Crippen LogP contribution < -0.4 is 10.2 Å². The van der Waals surface area contributed by atoms with Crippen molar-refractivity contribution >= 4 is 13.7 Å². The van der Waals surface area contributed by atoms with Crippen molar-refractivity contribution in [3.63, 3.8) is 0 Å². The molecule has 3 unspecified atom stereocenters. The average molecular weight is 959 g/mol. The van der Waals surface area contributed by atoms with Gasteiger partial charge in [-0.3, -0.25) is 9.36 Å². The van der Waals surface area contributed by atoms with Crippen molar-refractivity contribution in [1.29, 1.82) is 0 Å². The van der Waals surface area contributed by atoms with E-state index >= 15 is 0 Å². The first-order chi connectivity index (χ1) is 32.5. The first-order valence-corrected chi connectivity index (χ1v) is 29.3. The zero-order valence-electron chi connectivity index (χ0n) is 44.3. The zero-order chi connectivity index (χ0) is 49.2. The van der Waals surface area contributed by atoms with Gasteiger partial charge in [-0.25, -0.2) is 0 Å². The maximum atomic E-state index is 12.9. The molecule has 0 heterocycles. The molecular formula is C58H107N2O6P. The van der Waals surface area contributed by atoms with E-state index in [1.54, 1.807) is 6.08 Å². The van der Waals surface area contributed by atoms with Gasteiger partial charge in [0.2, 0.25) is 5.91 Å². The number of hydrogen-bond donors (Lipinski definition) is 2.